The molecular formula is C13H16N2. The monoisotopic (exact) mass is 200 g/mol. The molecule has 0 bridgehead atoms. The van der Waals surface area contributed by atoms with Gasteiger partial charge in [0.2, 0.25) is 0 Å². The van der Waals surface area contributed by atoms with Crippen molar-refractivity contribution >= 4 is 5.52 Å². The number of hydrogen-bond donors (Lipinski definition) is 0. The number of aromatic nitrogens is 2. The summed E-state index contributed by atoms with van der Waals surface area (Å²) < 4.78 is 2.32. The van der Waals surface area contributed by atoms with Gasteiger partial charge in [-0.15, -0.1) is 0 Å². The van der Waals surface area contributed by atoms with Crippen molar-refractivity contribution in [3.05, 3.63) is 35.9 Å². The van der Waals surface area contributed by atoms with Crippen molar-refractivity contribution in [2.75, 3.05) is 0 Å². The van der Waals surface area contributed by atoms with Gasteiger partial charge in [-0.3, -0.25) is 0 Å². The Morgan fingerprint density at radius 1 is 1.27 bits per heavy atom. The number of imidazole rings is 1. The van der Waals surface area contributed by atoms with Crippen molar-refractivity contribution in [3.8, 4) is 0 Å². The second kappa shape index (κ2) is 3.37. The van der Waals surface area contributed by atoms with Crippen LogP contribution < -0.4 is 0 Å². The molecule has 0 saturated heterocycles. The van der Waals surface area contributed by atoms with Gasteiger partial charge >= 0.3 is 0 Å². The Morgan fingerprint density at radius 3 is 2.87 bits per heavy atom. The zero-order valence-electron chi connectivity index (χ0n) is 9.11. The van der Waals surface area contributed by atoms with Crippen LogP contribution in [0.4, 0.5) is 0 Å². The maximum Gasteiger partial charge on any atom is 0.116 e. The Morgan fingerprint density at radius 2 is 2.07 bits per heavy atom. The van der Waals surface area contributed by atoms with E-state index in [0.717, 1.165) is 0 Å². The third-order valence-electron chi connectivity index (χ3n) is 3.49. The highest BCUT2D eigenvalue weighted by Gasteiger charge is 2.21. The minimum atomic E-state index is 0.689. The van der Waals surface area contributed by atoms with E-state index in [1.807, 2.05) is 6.20 Å². The van der Waals surface area contributed by atoms with Crippen LogP contribution in [0.2, 0.25) is 0 Å². The Hall–Kier alpha value is -1.31. The molecule has 0 atom stereocenters. The van der Waals surface area contributed by atoms with Crippen molar-refractivity contribution in [1.29, 1.82) is 0 Å². The van der Waals surface area contributed by atoms with Crippen LogP contribution in [0.3, 0.4) is 0 Å². The van der Waals surface area contributed by atoms with Gasteiger partial charge in [0.1, 0.15) is 5.82 Å². The Balaban J connectivity index is 2.18. The third kappa shape index (κ3) is 1.36. The van der Waals surface area contributed by atoms with Gasteiger partial charge in [-0.25, -0.2) is 4.98 Å². The summed E-state index contributed by atoms with van der Waals surface area (Å²) in [5.74, 6) is 1.97. The van der Waals surface area contributed by atoms with Crippen LogP contribution in [0.15, 0.2) is 24.4 Å². The zero-order valence-corrected chi connectivity index (χ0v) is 9.11. The van der Waals surface area contributed by atoms with Crippen molar-refractivity contribution in [2.45, 2.75) is 38.5 Å². The first-order valence-electron chi connectivity index (χ1n) is 5.79. The van der Waals surface area contributed by atoms with Crippen molar-refractivity contribution in [1.82, 2.24) is 9.38 Å². The summed E-state index contributed by atoms with van der Waals surface area (Å²) in [6.07, 6.45) is 7.36. The lowest BCUT2D eigenvalue weighted by molar-refractivity contribution is 0.661. The van der Waals surface area contributed by atoms with Crippen LogP contribution in [-0.4, -0.2) is 9.38 Å². The number of fused-ring (bicyclic) bond motifs is 1. The molecule has 2 nitrogen and oxygen atoms in total. The summed E-state index contributed by atoms with van der Waals surface area (Å²) in [5.41, 5.74) is 2.53. The predicted molar refractivity (Wildman–Crippen MR) is 61.1 cm³/mol. The van der Waals surface area contributed by atoms with Gasteiger partial charge in [0.05, 0.1) is 11.7 Å². The maximum atomic E-state index is 4.60. The molecule has 78 valence electrons. The SMILES string of the molecule is Cc1cccc2cnc(C3CCCC3)n12. The minimum Gasteiger partial charge on any atom is -0.301 e. The fourth-order valence-corrected chi connectivity index (χ4v) is 2.71. The lowest BCUT2D eigenvalue weighted by Crippen LogP contribution is -2.02. The van der Waals surface area contributed by atoms with Gasteiger partial charge in [0.25, 0.3) is 0 Å². The molecule has 1 saturated carbocycles. The number of rotatable bonds is 1. The fourth-order valence-electron chi connectivity index (χ4n) is 2.71. The van der Waals surface area contributed by atoms with Crippen LogP contribution in [0.5, 0.6) is 0 Å². The molecule has 1 aliphatic rings. The molecule has 1 aliphatic carbocycles. The molecule has 3 rings (SSSR count). The van der Waals surface area contributed by atoms with Gasteiger partial charge in [-0.1, -0.05) is 18.9 Å². The van der Waals surface area contributed by atoms with Crippen LogP contribution >= 0.6 is 0 Å². The average molecular weight is 200 g/mol. The van der Waals surface area contributed by atoms with Gasteiger partial charge in [-0.05, 0) is 31.9 Å². The molecule has 0 amide bonds. The summed E-state index contributed by atoms with van der Waals surface area (Å²) >= 11 is 0. The maximum absolute atomic E-state index is 4.60. The number of aryl methyl sites for hydroxylation is 1. The first-order valence-corrected chi connectivity index (χ1v) is 5.79. The average Bonchev–Trinajstić information content (AvgIpc) is 2.85. The number of pyridine rings is 1. The Labute approximate surface area is 90.0 Å². The molecule has 2 aromatic rings. The molecule has 0 aromatic carbocycles. The van der Waals surface area contributed by atoms with E-state index in [4.69, 9.17) is 0 Å². The Kier molecular flexibility index (Phi) is 2.01. The smallest absolute Gasteiger partial charge is 0.116 e. The summed E-state index contributed by atoms with van der Waals surface area (Å²) in [6.45, 7) is 2.16. The largest absolute Gasteiger partial charge is 0.301 e. The van der Waals surface area contributed by atoms with Gasteiger partial charge in [0.15, 0.2) is 0 Å². The first-order chi connectivity index (χ1) is 7.36. The van der Waals surface area contributed by atoms with E-state index in [-0.39, 0.29) is 0 Å². The Bertz CT molecular complexity index is 478. The van der Waals surface area contributed by atoms with E-state index in [0.29, 0.717) is 5.92 Å². The van der Waals surface area contributed by atoms with E-state index < -0.39 is 0 Å². The van der Waals surface area contributed by atoms with Crippen LogP contribution in [0.1, 0.15) is 43.1 Å². The molecule has 2 heterocycles. The van der Waals surface area contributed by atoms with Crippen molar-refractivity contribution < 1.29 is 0 Å². The molecule has 0 radical (unpaired) electrons. The number of hydrogen-bond acceptors (Lipinski definition) is 1. The van der Waals surface area contributed by atoms with Crippen molar-refractivity contribution in [3.63, 3.8) is 0 Å². The number of nitrogens with zero attached hydrogens (tertiary/aromatic N) is 2. The summed E-state index contributed by atoms with van der Waals surface area (Å²) in [7, 11) is 0. The topological polar surface area (TPSA) is 17.3 Å². The molecule has 0 N–H and O–H groups in total. The molecule has 1 fully saturated rings. The van der Waals surface area contributed by atoms with Gasteiger partial charge in [-0.2, -0.15) is 0 Å². The molecule has 0 spiro atoms. The lowest BCUT2D eigenvalue weighted by Gasteiger charge is -2.10. The second-order valence-corrected chi connectivity index (χ2v) is 4.53. The van der Waals surface area contributed by atoms with E-state index in [2.05, 4.69) is 34.5 Å². The first kappa shape index (κ1) is 8.96. The highest BCUT2D eigenvalue weighted by Crippen LogP contribution is 2.33. The van der Waals surface area contributed by atoms with E-state index in [9.17, 15) is 0 Å². The molecule has 0 aliphatic heterocycles. The molecule has 2 aromatic heterocycles. The quantitative estimate of drug-likeness (QED) is 0.690. The lowest BCUT2D eigenvalue weighted by atomic mass is 10.1. The third-order valence-corrected chi connectivity index (χ3v) is 3.49. The highest BCUT2D eigenvalue weighted by atomic mass is 15.0. The van der Waals surface area contributed by atoms with Crippen LogP contribution in [0, 0.1) is 6.92 Å². The summed E-state index contributed by atoms with van der Waals surface area (Å²) in [4.78, 5) is 4.60. The molecule has 2 heteroatoms. The molecule has 0 unspecified atom stereocenters. The second-order valence-electron chi connectivity index (χ2n) is 4.53. The van der Waals surface area contributed by atoms with Gasteiger partial charge < -0.3 is 4.40 Å². The van der Waals surface area contributed by atoms with E-state index in [1.165, 1.54) is 42.7 Å². The van der Waals surface area contributed by atoms with E-state index >= 15 is 0 Å². The standard InChI is InChI=1S/C13H16N2/c1-10-5-4-8-12-9-14-13(15(10)12)11-6-2-3-7-11/h4-5,8-9,11H,2-3,6-7H2,1H3. The van der Waals surface area contributed by atoms with E-state index in [1.54, 1.807) is 0 Å². The van der Waals surface area contributed by atoms with Gasteiger partial charge in [0, 0.05) is 11.6 Å². The van der Waals surface area contributed by atoms with Crippen molar-refractivity contribution in [2.24, 2.45) is 0 Å². The fraction of sp³-hybridized carbons (Fsp3) is 0.462. The summed E-state index contributed by atoms with van der Waals surface area (Å²) in [5, 5.41) is 0. The van der Waals surface area contributed by atoms with Crippen LogP contribution in [-0.2, 0) is 0 Å². The molecular weight excluding hydrogens is 184 g/mol. The molecule has 15 heavy (non-hydrogen) atoms. The zero-order chi connectivity index (χ0) is 10.3. The highest BCUT2D eigenvalue weighted by molar-refractivity contribution is 5.47. The normalized spacial score (nSPS) is 17.7. The van der Waals surface area contributed by atoms with Crippen LogP contribution in [0.25, 0.3) is 5.52 Å². The summed E-state index contributed by atoms with van der Waals surface area (Å²) in [6, 6.07) is 6.40. The minimum absolute atomic E-state index is 0.689. The predicted octanol–water partition coefficient (Wildman–Crippen LogP) is 3.30.